The second kappa shape index (κ2) is 7.52. The maximum absolute atomic E-state index is 14.5. The van der Waals surface area contributed by atoms with Crippen LogP contribution in [-0.2, 0) is 0 Å². The molecule has 1 amide bonds. The molecule has 0 aromatic carbocycles. The van der Waals surface area contributed by atoms with Crippen LogP contribution in [0.2, 0.25) is 0 Å². The molecular formula is C21H22FN7OS. The van der Waals surface area contributed by atoms with Gasteiger partial charge in [0.15, 0.2) is 4.96 Å². The highest BCUT2D eigenvalue weighted by Crippen LogP contribution is 2.51. The number of amides is 1. The SMILES string of the molecule is C[C@H]1C[C@](CNc2ccc(-c3cn4c(C(N)=O)csc4n3)nn2)(C2N=CC=CC2F)C1. The van der Waals surface area contributed by atoms with Crippen molar-refractivity contribution in [3.05, 3.63) is 41.6 Å². The predicted octanol–water partition coefficient (Wildman–Crippen LogP) is 3.13. The fourth-order valence-electron chi connectivity index (χ4n) is 4.71. The molecule has 0 bridgehead atoms. The van der Waals surface area contributed by atoms with Gasteiger partial charge in [-0.25, -0.2) is 9.37 Å². The Kier molecular flexibility index (Phi) is 4.81. The molecule has 0 spiro atoms. The predicted molar refractivity (Wildman–Crippen MR) is 118 cm³/mol. The van der Waals surface area contributed by atoms with Crippen LogP contribution in [0.15, 0.2) is 40.9 Å². The number of carbonyl (C=O) groups excluding carboxylic acids is 1. The van der Waals surface area contributed by atoms with Crippen molar-refractivity contribution in [3.8, 4) is 11.4 Å². The van der Waals surface area contributed by atoms with E-state index in [1.165, 1.54) is 11.3 Å². The van der Waals surface area contributed by atoms with Crippen LogP contribution in [0.4, 0.5) is 10.2 Å². The normalized spacial score (nSPS) is 27.4. The second-order valence-corrected chi connectivity index (χ2v) is 9.21. The molecule has 1 saturated carbocycles. The van der Waals surface area contributed by atoms with Gasteiger partial charge in [-0.15, -0.1) is 21.5 Å². The van der Waals surface area contributed by atoms with E-state index in [1.807, 2.05) is 12.1 Å². The Hall–Kier alpha value is -3.14. The lowest BCUT2D eigenvalue weighted by Gasteiger charge is -2.51. The maximum Gasteiger partial charge on any atom is 0.266 e. The van der Waals surface area contributed by atoms with Gasteiger partial charge in [-0.05, 0) is 43.0 Å². The van der Waals surface area contributed by atoms with Gasteiger partial charge in [0.2, 0.25) is 0 Å². The smallest absolute Gasteiger partial charge is 0.266 e. The van der Waals surface area contributed by atoms with Crippen molar-refractivity contribution in [2.45, 2.75) is 32.0 Å². The van der Waals surface area contributed by atoms with Crippen molar-refractivity contribution >= 4 is 34.2 Å². The summed E-state index contributed by atoms with van der Waals surface area (Å²) in [5.74, 6) is 0.671. The van der Waals surface area contributed by atoms with Crippen LogP contribution in [-0.4, -0.2) is 50.5 Å². The minimum Gasteiger partial charge on any atom is -0.368 e. The molecule has 31 heavy (non-hydrogen) atoms. The van der Waals surface area contributed by atoms with Gasteiger partial charge in [-0.3, -0.25) is 14.2 Å². The van der Waals surface area contributed by atoms with Gasteiger partial charge in [0.1, 0.15) is 29.1 Å². The fourth-order valence-corrected chi connectivity index (χ4v) is 5.58. The molecule has 2 unspecified atom stereocenters. The molecule has 0 saturated heterocycles. The first-order chi connectivity index (χ1) is 14.9. The number of thiazole rings is 1. The number of rotatable bonds is 6. The van der Waals surface area contributed by atoms with Gasteiger partial charge < -0.3 is 11.1 Å². The number of dihydropyridines is 1. The van der Waals surface area contributed by atoms with Crippen LogP contribution < -0.4 is 11.1 Å². The zero-order valence-electron chi connectivity index (χ0n) is 16.9. The molecule has 10 heteroatoms. The van der Waals surface area contributed by atoms with Crippen molar-refractivity contribution in [1.29, 1.82) is 0 Å². The van der Waals surface area contributed by atoms with E-state index in [0.717, 1.165) is 12.8 Å². The Morgan fingerprint density at radius 1 is 1.35 bits per heavy atom. The van der Waals surface area contributed by atoms with E-state index in [-0.39, 0.29) is 11.5 Å². The zero-order chi connectivity index (χ0) is 21.6. The number of primary amides is 1. The molecule has 0 radical (unpaired) electrons. The molecule has 2 atom stereocenters. The maximum atomic E-state index is 14.5. The highest BCUT2D eigenvalue weighted by molar-refractivity contribution is 7.15. The highest BCUT2D eigenvalue weighted by atomic mass is 32.1. The molecule has 8 nitrogen and oxygen atoms in total. The van der Waals surface area contributed by atoms with E-state index < -0.39 is 12.1 Å². The fraction of sp³-hybridized carbons (Fsp3) is 0.381. The Morgan fingerprint density at radius 2 is 2.19 bits per heavy atom. The van der Waals surface area contributed by atoms with Crippen molar-refractivity contribution < 1.29 is 9.18 Å². The molecule has 3 N–H and O–H groups in total. The van der Waals surface area contributed by atoms with Crippen LogP contribution in [0.5, 0.6) is 0 Å². The van der Waals surface area contributed by atoms with E-state index in [1.54, 1.807) is 34.3 Å². The minimum absolute atomic E-state index is 0.222. The number of halogens is 1. The number of allylic oxidation sites excluding steroid dienone is 1. The summed E-state index contributed by atoms with van der Waals surface area (Å²) >= 11 is 1.34. The molecule has 4 heterocycles. The largest absolute Gasteiger partial charge is 0.368 e. The summed E-state index contributed by atoms with van der Waals surface area (Å²) in [4.78, 5) is 21.1. The highest BCUT2D eigenvalue weighted by Gasteiger charge is 2.50. The molecule has 1 aliphatic heterocycles. The standard InChI is InChI=1S/C21H22FN7OS/c1-12-7-21(8-12,18-13(22)3-2-6-24-18)11-25-17-5-4-14(27-28-17)15-9-29-16(19(23)30)10-31-20(29)26-15/h2-6,9-10,12-13,18H,7-8,11H2,1H3,(H2,23,30)(H,25,28)/t12-,13?,18?,21-. The van der Waals surface area contributed by atoms with Crippen molar-refractivity contribution in [2.75, 3.05) is 11.9 Å². The monoisotopic (exact) mass is 439 g/mol. The van der Waals surface area contributed by atoms with Gasteiger partial charge in [-0.1, -0.05) is 6.92 Å². The van der Waals surface area contributed by atoms with Crippen LogP contribution in [0.25, 0.3) is 16.3 Å². The zero-order valence-corrected chi connectivity index (χ0v) is 17.7. The minimum atomic E-state index is -1.06. The third kappa shape index (κ3) is 3.50. The third-order valence-electron chi connectivity index (χ3n) is 6.08. The van der Waals surface area contributed by atoms with E-state index in [2.05, 4.69) is 32.4 Å². The second-order valence-electron chi connectivity index (χ2n) is 8.37. The molecule has 160 valence electrons. The van der Waals surface area contributed by atoms with Crippen molar-refractivity contribution in [1.82, 2.24) is 19.6 Å². The topological polar surface area (TPSA) is 111 Å². The van der Waals surface area contributed by atoms with Gasteiger partial charge >= 0.3 is 0 Å². The number of nitrogens with two attached hydrogens (primary N) is 1. The Morgan fingerprint density at radius 3 is 2.87 bits per heavy atom. The molecule has 2 aliphatic rings. The summed E-state index contributed by atoms with van der Waals surface area (Å²) in [7, 11) is 0. The number of aromatic nitrogens is 4. The molecular weight excluding hydrogens is 417 g/mol. The first-order valence-corrected chi connectivity index (χ1v) is 11.0. The number of imidazole rings is 1. The first-order valence-electron chi connectivity index (χ1n) is 10.1. The van der Waals surface area contributed by atoms with E-state index in [0.29, 0.717) is 40.3 Å². The first kappa shape index (κ1) is 19.8. The summed E-state index contributed by atoms with van der Waals surface area (Å²) in [5, 5.41) is 13.5. The summed E-state index contributed by atoms with van der Waals surface area (Å²) < 4.78 is 16.2. The van der Waals surface area contributed by atoms with E-state index in [4.69, 9.17) is 5.73 Å². The number of fused-ring (bicyclic) bond motifs is 1. The van der Waals surface area contributed by atoms with Crippen LogP contribution in [0.3, 0.4) is 0 Å². The van der Waals surface area contributed by atoms with E-state index >= 15 is 0 Å². The molecule has 3 aromatic rings. The van der Waals surface area contributed by atoms with E-state index in [9.17, 15) is 9.18 Å². The van der Waals surface area contributed by atoms with Gasteiger partial charge in [0.25, 0.3) is 5.91 Å². The number of anilines is 1. The molecule has 1 fully saturated rings. The van der Waals surface area contributed by atoms with Crippen LogP contribution in [0, 0.1) is 11.3 Å². The third-order valence-corrected chi connectivity index (χ3v) is 6.92. The average Bonchev–Trinajstić information content (AvgIpc) is 3.32. The summed E-state index contributed by atoms with van der Waals surface area (Å²) in [6.07, 6.45) is 7.46. The van der Waals surface area contributed by atoms with Crippen molar-refractivity contribution in [2.24, 2.45) is 22.1 Å². The lowest BCUT2D eigenvalue weighted by Crippen LogP contribution is -2.53. The summed E-state index contributed by atoms with van der Waals surface area (Å²) in [6, 6.07) is 3.28. The lowest BCUT2D eigenvalue weighted by atomic mass is 9.57. The molecule has 3 aromatic heterocycles. The number of nitrogens with zero attached hydrogens (tertiary/aromatic N) is 5. The lowest BCUT2D eigenvalue weighted by molar-refractivity contribution is 0.0277. The molecule has 5 rings (SSSR count). The Balaban J connectivity index is 1.31. The number of hydrogen-bond acceptors (Lipinski definition) is 7. The number of nitrogens with one attached hydrogen (secondary N) is 1. The number of hydrogen-bond donors (Lipinski definition) is 2. The van der Waals surface area contributed by atoms with Crippen molar-refractivity contribution in [3.63, 3.8) is 0 Å². The molecule has 1 aliphatic carbocycles. The number of aliphatic imine (C=N–C) groups is 1. The summed E-state index contributed by atoms with van der Waals surface area (Å²) in [5.41, 5.74) is 6.76. The van der Waals surface area contributed by atoms with Crippen LogP contribution >= 0.6 is 11.3 Å². The number of carbonyl (C=O) groups is 1. The van der Waals surface area contributed by atoms with Gasteiger partial charge in [0, 0.05) is 29.8 Å². The van der Waals surface area contributed by atoms with Gasteiger partial charge in [0.05, 0.1) is 6.04 Å². The average molecular weight is 440 g/mol. The Bertz CT molecular complexity index is 1180. The summed E-state index contributed by atoms with van der Waals surface area (Å²) in [6.45, 7) is 2.77. The van der Waals surface area contributed by atoms with Crippen LogP contribution in [0.1, 0.15) is 30.3 Å². The Labute approximate surface area is 182 Å². The quantitative estimate of drug-likeness (QED) is 0.613. The van der Waals surface area contributed by atoms with Gasteiger partial charge in [-0.2, -0.15) is 0 Å². The number of alkyl halides is 1.